The van der Waals surface area contributed by atoms with Crippen LogP contribution in [0.4, 0.5) is 0 Å². The maximum Gasteiger partial charge on any atom is 0.0945 e. The number of unbranched alkanes of at least 4 members (excludes halogenated alkanes) is 4. The van der Waals surface area contributed by atoms with Crippen LogP contribution in [0.1, 0.15) is 62.7 Å². The first kappa shape index (κ1) is 20.7. The lowest BCUT2D eigenvalue weighted by atomic mass is 10.1. The van der Waals surface area contributed by atoms with Gasteiger partial charge < -0.3 is 4.57 Å². The van der Waals surface area contributed by atoms with Crippen LogP contribution in [0, 0.1) is 0 Å². The summed E-state index contributed by atoms with van der Waals surface area (Å²) >= 11 is 14.6. The summed E-state index contributed by atoms with van der Waals surface area (Å²) in [5.41, 5.74) is 1.22. The molecule has 1 unspecified atom stereocenters. The van der Waals surface area contributed by atoms with Gasteiger partial charge in [0.15, 0.2) is 0 Å². The Hall–Kier alpha value is -0.640. The molecule has 2 aromatic rings. The third kappa shape index (κ3) is 7.64. The molecule has 0 amide bonds. The van der Waals surface area contributed by atoms with Gasteiger partial charge >= 0.3 is 0 Å². The summed E-state index contributed by atoms with van der Waals surface area (Å²) in [5, 5.41) is 1.92. The first-order valence-electron chi connectivity index (χ1n) is 9.23. The van der Waals surface area contributed by atoms with Crippen LogP contribution in [-0.2, 0) is 6.54 Å². The molecule has 0 aliphatic heterocycles. The summed E-state index contributed by atoms with van der Waals surface area (Å²) in [6.07, 6.45) is 14.6. The van der Waals surface area contributed by atoms with Crippen LogP contribution in [0.5, 0.6) is 0 Å². The predicted octanol–water partition coefficient (Wildman–Crippen LogP) is 7.42. The third-order valence-electron chi connectivity index (χ3n) is 4.32. The van der Waals surface area contributed by atoms with Gasteiger partial charge in [-0.05, 0) is 42.7 Å². The Morgan fingerprint density at radius 2 is 1.96 bits per heavy atom. The number of benzene rings is 1. The molecular weight excluding hydrogens is 371 g/mol. The third-order valence-corrected chi connectivity index (χ3v) is 6.30. The van der Waals surface area contributed by atoms with E-state index in [9.17, 15) is 0 Å². The molecule has 0 saturated carbocycles. The van der Waals surface area contributed by atoms with Crippen molar-refractivity contribution in [3.8, 4) is 0 Å². The summed E-state index contributed by atoms with van der Waals surface area (Å²) in [4.78, 5) is 4.11. The zero-order valence-electron chi connectivity index (χ0n) is 15.0. The van der Waals surface area contributed by atoms with E-state index in [2.05, 4.69) is 22.5 Å². The second kappa shape index (κ2) is 11.9. The zero-order chi connectivity index (χ0) is 17.9. The van der Waals surface area contributed by atoms with Crippen molar-refractivity contribution in [1.29, 1.82) is 0 Å². The highest BCUT2D eigenvalue weighted by Gasteiger charge is 2.15. The van der Waals surface area contributed by atoms with Crippen molar-refractivity contribution in [3.63, 3.8) is 0 Å². The van der Waals surface area contributed by atoms with E-state index >= 15 is 0 Å². The molecule has 1 heterocycles. The first-order valence-corrected chi connectivity index (χ1v) is 11.0. The van der Waals surface area contributed by atoms with E-state index in [1.807, 2.05) is 42.6 Å². The number of imidazole rings is 1. The Morgan fingerprint density at radius 3 is 2.68 bits per heavy atom. The second-order valence-electron chi connectivity index (χ2n) is 6.38. The van der Waals surface area contributed by atoms with Crippen LogP contribution in [0.15, 0.2) is 36.9 Å². The molecule has 0 aliphatic carbocycles. The number of thioether (sulfide) groups is 1. The lowest BCUT2D eigenvalue weighted by Gasteiger charge is -2.19. The zero-order valence-corrected chi connectivity index (χ0v) is 17.3. The summed E-state index contributed by atoms with van der Waals surface area (Å²) in [6, 6.07) is 5.91. The van der Waals surface area contributed by atoms with E-state index < -0.39 is 0 Å². The molecule has 138 valence electrons. The molecule has 0 spiro atoms. The van der Waals surface area contributed by atoms with E-state index in [-0.39, 0.29) is 0 Å². The van der Waals surface area contributed by atoms with Gasteiger partial charge in [-0.3, -0.25) is 0 Å². The maximum absolute atomic E-state index is 6.47. The SMILES string of the molecule is CCCCCCCSC(CCCn1ccnc1)c1ccc(Cl)cc1Cl. The largest absolute Gasteiger partial charge is 0.337 e. The molecule has 1 aromatic carbocycles. The van der Waals surface area contributed by atoms with Gasteiger partial charge in [0.05, 0.1) is 6.33 Å². The van der Waals surface area contributed by atoms with E-state index in [0.717, 1.165) is 24.4 Å². The molecule has 1 atom stereocenters. The van der Waals surface area contributed by atoms with Crippen molar-refractivity contribution in [2.45, 2.75) is 63.7 Å². The maximum atomic E-state index is 6.47. The van der Waals surface area contributed by atoms with Gasteiger partial charge in [0.1, 0.15) is 0 Å². The summed E-state index contributed by atoms with van der Waals surface area (Å²) in [6.45, 7) is 3.26. The Bertz CT molecular complexity index is 602. The van der Waals surface area contributed by atoms with Crippen molar-refractivity contribution in [1.82, 2.24) is 9.55 Å². The lowest BCUT2D eigenvalue weighted by Crippen LogP contribution is -2.01. The van der Waals surface area contributed by atoms with Crippen molar-refractivity contribution >= 4 is 35.0 Å². The standard InChI is InChI=1S/C20H28Cl2N2S/c1-2-3-4-5-6-14-25-20(8-7-12-24-13-11-23-16-24)18-10-9-17(21)15-19(18)22/h9-11,13,15-16,20H,2-8,12,14H2,1H3. The van der Waals surface area contributed by atoms with Gasteiger partial charge in [0, 0.05) is 34.2 Å². The van der Waals surface area contributed by atoms with E-state index in [1.165, 1.54) is 43.4 Å². The minimum absolute atomic E-state index is 0.430. The number of hydrogen-bond donors (Lipinski definition) is 0. The molecule has 5 heteroatoms. The Balaban J connectivity index is 1.88. The molecule has 0 aliphatic rings. The van der Waals surface area contributed by atoms with Gasteiger partial charge in [0.2, 0.25) is 0 Å². The molecular formula is C20H28Cl2N2S. The Kier molecular flexibility index (Phi) is 9.82. The normalized spacial score (nSPS) is 12.4. The molecule has 25 heavy (non-hydrogen) atoms. The number of aromatic nitrogens is 2. The topological polar surface area (TPSA) is 17.8 Å². The van der Waals surface area contributed by atoms with Gasteiger partial charge in [-0.1, -0.05) is 61.9 Å². The molecule has 0 bridgehead atoms. The van der Waals surface area contributed by atoms with Crippen molar-refractivity contribution in [2.75, 3.05) is 5.75 Å². The molecule has 0 saturated heterocycles. The van der Waals surface area contributed by atoms with E-state index in [4.69, 9.17) is 23.2 Å². The highest BCUT2D eigenvalue weighted by molar-refractivity contribution is 7.99. The quantitative estimate of drug-likeness (QED) is 0.346. The van der Waals surface area contributed by atoms with Crippen molar-refractivity contribution in [3.05, 3.63) is 52.5 Å². The number of nitrogens with zero attached hydrogens (tertiary/aromatic N) is 2. The summed E-state index contributed by atoms with van der Waals surface area (Å²) in [5.74, 6) is 1.19. The highest BCUT2D eigenvalue weighted by atomic mass is 35.5. The van der Waals surface area contributed by atoms with Crippen LogP contribution in [0.2, 0.25) is 10.0 Å². The van der Waals surface area contributed by atoms with Crippen LogP contribution in [-0.4, -0.2) is 15.3 Å². The van der Waals surface area contributed by atoms with Crippen LogP contribution in [0.3, 0.4) is 0 Å². The van der Waals surface area contributed by atoms with Crippen LogP contribution < -0.4 is 0 Å². The minimum atomic E-state index is 0.430. The van der Waals surface area contributed by atoms with E-state index in [1.54, 1.807) is 0 Å². The number of hydrogen-bond acceptors (Lipinski definition) is 2. The smallest absolute Gasteiger partial charge is 0.0945 e. The second-order valence-corrected chi connectivity index (χ2v) is 8.54. The lowest BCUT2D eigenvalue weighted by molar-refractivity contribution is 0.603. The van der Waals surface area contributed by atoms with Gasteiger partial charge in [-0.15, -0.1) is 0 Å². The molecule has 0 N–H and O–H groups in total. The predicted molar refractivity (Wildman–Crippen MR) is 112 cm³/mol. The van der Waals surface area contributed by atoms with Gasteiger partial charge in [0.25, 0.3) is 0 Å². The van der Waals surface area contributed by atoms with Crippen LogP contribution >= 0.6 is 35.0 Å². The number of rotatable bonds is 12. The average Bonchev–Trinajstić information content (AvgIpc) is 3.10. The number of halogens is 2. The average molecular weight is 399 g/mol. The molecule has 0 radical (unpaired) electrons. The monoisotopic (exact) mass is 398 g/mol. The van der Waals surface area contributed by atoms with E-state index in [0.29, 0.717) is 10.3 Å². The fourth-order valence-corrected chi connectivity index (χ4v) is 4.88. The number of aryl methyl sites for hydroxylation is 1. The van der Waals surface area contributed by atoms with Crippen molar-refractivity contribution < 1.29 is 0 Å². The molecule has 0 fully saturated rings. The molecule has 1 aromatic heterocycles. The van der Waals surface area contributed by atoms with Gasteiger partial charge in [-0.2, -0.15) is 11.8 Å². The van der Waals surface area contributed by atoms with Crippen LogP contribution in [0.25, 0.3) is 0 Å². The fourth-order valence-electron chi connectivity index (χ4n) is 2.90. The minimum Gasteiger partial charge on any atom is -0.337 e. The Labute approximate surface area is 166 Å². The molecule has 2 rings (SSSR count). The van der Waals surface area contributed by atoms with Crippen molar-refractivity contribution in [2.24, 2.45) is 0 Å². The Morgan fingerprint density at radius 1 is 1.12 bits per heavy atom. The first-order chi connectivity index (χ1) is 12.2. The summed E-state index contributed by atoms with van der Waals surface area (Å²) in [7, 11) is 0. The highest BCUT2D eigenvalue weighted by Crippen LogP contribution is 2.38. The fraction of sp³-hybridized carbons (Fsp3) is 0.550. The molecule has 2 nitrogen and oxygen atoms in total. The summed E-state index contributed by atoms with van der Waals surface area (Å²) < 4.78 is 2.13. The van der Waals surface area contributed by atoms with Gasteiger partial charge in [-0.25, -0.2) is 4.98 Å².